The summed E-state index contributed by atoms with van der Waals surface area (Å²) in [5.41, 5.74) is 6.85. The van der Waals surface area contributed by atoms with Crippen LogP contribution in [-0.4, -0.2) is 36.3 Å². The van der Waals surface area contributed by atoms with Gasteiger partial charge in [0, 0.05) is 17.3 Å². The van der Waals surface area contributed by atoms with Crippen LogP contribution < -0.4 is 21.7 Å². The molecule has 1 aliphatic carbocycles. The van der Waals surface area contributed by atoms with E-state index in [1.165, 1.54) is 0 Å². The molecular formula is C19H29ClN4O3. The lowest BCUT2D eigenvalue weighted by molar-refractivity contribution is -0.125. The van der Waals surface area contributed by atoms with Gasteiger partial charge in [-0.25, -0.2) is 0 Å². The van der Waals surface area contributed by atoms with Crippen molar-refractivity contribution in [2.45, 2.75) is 51.6 Å². The average Bonchev–Trinajstić information content (AvgIpc) is 3.12. The minimum absolute atomic E-state index is 0. The second-order valence-corrected chi connectivity index (χ2v) is 7.07. The van der Waals surface area contributed by atoms with Crippen LogP contribution in [-0.2, 0) is 9.59 Å². The number of anilines is 1. The number of rotatable bonds is 7. The van der Waals surface area contributed by atoms with Gasteiger partial charge in [-0.1, -0.05) is 26.7 Å². The molecule has 5 N–H and O–H groups in total. The predicted molar refractivity (Wildman–Crippen MR) is 108 cm³/mol. The van der Waals surface area contributed by atoms with Crippen molar-refractivity contribution in [3.8, 4) is 0 Å². The van der Waals surface area contributed by atoms with E-state index in [2.05, 4.69) is 16.0 Å². The van der Waals surface area contributed by atoms with Gasteiger partial charge in [0.15, 0.2) is 0 Å². The van der Waals surface area contributed by atoms with Crippen LogP contribution in [0.1, 0.15) is 49.9 Å². The molecule has 1 atom stereocenters. The van der Waals surface area contributed by atoms with Gasteiger partial charge >= 0.3 is 0 Å². The zero-order valence-electron chi connectivity index (χ0n) is 15.8. The molecule has 1 saturated carbocycles. The number of amides is 3. The lowest BCUT2D eigenvalue weighted by Gasteiger charge is -2.15. The first-order valence-corrected chi connectivity index (χ1v) is 9.11. The van der Waals surface area contributed by atoms with Gasteiger partial charge in [-0.3, -0.25) is 14.4 Å². The number of hydrogen-bond donors (Lipinski definition) is 4. The highest BCUT2D eigenvalue weighted by Gasteiger charge is 2.19. The molecule has 1 aliphatic rings. The minimum atomic E-state index is -0.638. The molecule has 0 spiro atoms. The van der Waals surface area contributed by atoms with E-state index in [0.29, 0.717) is 11.3 Å². The Hall–Kier alpha value is -2.12. The zero-order chi connectivity index (χ0) is 19.1. The fourth-order valence-electron chi connectivity index (χ4n) is 2.84. The van der Waals surface area contributed by atoms with Crippen LogP contribution in [0.15, 0.2) is 24.3 Å². The summed E-state index contributed by atoms with van der Waals surface area (Å²) < 4.78 is 0. The number of carbonyl (C=O) groups excluding carboxylic acids is 3. The van der Waals surface area contributed by atoms with Gasteiger partial charge in [0.1, 0.15) is 0 Å². The lowest BCUT2D eigenvalue weighted by atomic mass is 10.1. The summed E-state index contributed by atoms with van der Waals surface area (Å²) in [5, 5.41) is 8.21. The second kappa shape index (κ2) is 10.9. The second-order valence-electron chi connectivity index (χ2n) is 7.07. The highest BCUT2D eigenvalue weighted by molar-refractivity contribution is 5.97. The fraction of sp³-hybridized carbons (Fsp3) is 0.526. The predicted octanol–water partition coefficient (Wildman–Crippen LogP) is 1.82. The first-order valence-electron chi connectivity index (χ1n) is 9.11. The van der Waals surface area contributed by atoms with Crippen LogP contribution in [0.2, 0.25) is 0 Å². The van der Waals surface area contributed by atoms with Crippen molar-refractivity contribution >= 4 is 35.8 Å². The number of halogens is 1. The Balaban J connectivity index is 0.00000364. The van der Waals surface area contributed by atoms with E-state index in [1.807, 2.05) is 13.8 Å². The first kappa shape index (κ1) is 22.9. The van der Waals surface area contributed by atoms with E-state index < -0.39 is 6.04 Å². The largest absolute Gasteiger partial charge is 0.349 e. The van der Waals surface area contributed by atoms with Crippen LogP contribution in [0, 0.1) is 5.92 Å². The normalized spacial score (nSPS) is 15.0. The number of nitrogens with two attached hydrogens (primary N) is 1. The highest BCUT2D eigenvalue weighted by atomic mass is 35.5. The smallest absolute Gasteiger partial charge is 0.251 e. The van der Waals surface area contributed by atoms with Gasteiger partial charge in [0.25, 0.3) is 5.91 Å². The van der Waals surface area contributed by atoms with Crippen molar-refractivity contribution in [3.63, 3.8) is 0 Å². The molecule has 2 rings (SSSR count). The standard InChI is InChI=1S/C19H28N4O3.ClH/c1-12(2)17(20)19(26)21-11-16(24)22-15-9-7-13(8-10-15)18(25)23-14-5-3-4-6-14;/h7-10,12,14,17H,3-6,11,20H2,1-2H3,(H,21,26)(H,22,24)(H,23,25);1H/t17-;/m0./s1. The molecule has 8 heteroatoms. The molecule has 3 amide bonds. The topological polar surface area (TPSA) is 113 Å². The van der Waals surface area contributed by atoms with Gasteiger partial charge in [0.05, 0.1) is 12.6 Å². The maximum absolute atomic E-state index is 12.2. The van der Waals surface area contributed by atoms with Crippen LogP contribution >= 0.6 is 12.4 Å². The molecule has 1 aromatic carbocycles. The van der Waals surface area contributed by atoms with Crippen LogP contribution in [0.4, 0.5) is 5.69 Å². The zero-order valence-corrected chi connectivity index (χ0v) is 16.6. The first-order chi connectivity index (χ1) is 12.4. The van der Waals surface area contributed by atoms with Gasteiger partial charge in [-0.05, 0) is 43.0 Å². The third kappa shape index (κ3) is 7.19. The van der Waals surface area contributed by atoms with E-state index in [1.54, 1.807) is 24.3 Å². The van der Waals surface area contributed by atoms with Gasteiger partial charge in [-0.15, -0.1) is 12.4 Å². The molecule has 0 aromatic heterocycles. The van der Waals surface area contributed by atoms with Crippen LogP contribution in [0.25, 0.3) is 0 Å². The molecular weight excluding hydrogens is 368 g/mol. The van der Waals surface area contributed by atoms with E-state index in [0.717, 1.165) is 25.7 Å². The minimum Gasteiger partial charge on any atom is -0.349 e. The van der Waals surface area contributed by atoms with Crippen molar-refractivity contribution < 1.29 is 14.4 Å². The molecule has 27 heavy (non-hydrogen) atoms. The van der Waals surface area contributed by atoms with Gasteiger partial charge in [0.2, 0.25) is 11.8 Å². The molecule has 1 aromatic rings. The van der Waals surface area contributed by atoms with Crippen LogP contribution in [0.5, 0.6) is 0 Å². The van der Waals surface area contributed by atoms with Gasteiger partial charge in [-0.2, -0.15) is 0 Å². The quantitative estimate of drug-likeness (QED) is 0.562. The summed E-state index contributed by atoms with van der Waals surface area (Å²) in [6, 6.07) is 6.32. The molecule has 0 heterocycles. The van der Waals surface area contributed by atoms with E-state index in [-0.39, 0.29) is 48.6 Å². The van der Waals surface area contributed by atoms with Gasteiger partial charge < -0.3 is 21.7 Å². The van der Waals surface area contributed by atoms with E-state index in [9.17, 15) is 14.4 Å². The summed E-state index contributed by atoms with van der Waals surface area (Å²) in [7, 11) is 0. The highest BCUT2D eigenvalue weighted by Crippen LogP contribution is 2.18. The molecule has 0 aliphatic heterocycles. The SMILES string of the molecule is CC(C)[C@H](N)C(=O)NCC(=O)Nc1ccc(C(=O)NC2CCCC2)cc1.Cl. The lowest BCUT2D eigenvalue weighted by Crippen LogP contribution is -2.46. The van der Waals surface area contributed by atoms with Crippen molar-refractivity contribution in [1.29, 1.82) is 0 Å². The van der Waals surface area contributed by atoms with E-state index >= 15 is 0 Å². The Labute approximate surface area is 166 Å². The number of carbonyl (C=O) groups is 3. The molecule has 1 fully saturated rings. The third-order valence-corrected chi connectivity index (χ3v) is 4.57. The Bertz CT molecular complexity index is 643. The molecule has 0 radical (unpaired) electrons. The Morgan fingerprint density at radius 3 is 2.26 bits per heavy atom. The third-order valence-electron chi connectivity index (χ3n) is 4.57. The Morgan fingerprint density at radius 2 is 1.70 bits per heavy atom. The van der Waals surface area contributed by atoms with Crippen molar-refractivity contribution in [1.82, 2.24) is 10.6 Å². The summed E-state index contributed by atoms with van der Waals surface area (Å²) in [6.07, 6.45) is 4.39. The Morgan fingerprint density at radius 1 is 1.11 bits per heavy atom. The Kier molecular flexibility index (Phi) is 9.25. The molecule has 0 saturated heterocycles. The molecule has 0 bridgehead atoms. The monoisotopic (exact) mass is 396 g/mol. The fourth-order valence-corrected chi connectivity index (χ4v) is 2.84. The number of nitrogens with one attached hydrogen (secondary N) is 3. The van der Waals surface area contributed by atoms with Crippen LogP contribution in [0.3, 0.4) is 0 Å². The maximum atomic E-state index is 12.2. The summed E-state index contributed by atoms with van der Waals surface area (Å²) in [5.74, 6) is -0.794. The number of hydrogen-bond acceptors (Lipinski definition) is 4. The number of benzene rings is 1. The summed E-state index contributed by atoms with van der Waals surface area (Å²) >= 11 is 0. The maximum Gasteiger partial charge on any atom is 0.251 e. The van der Waals surface area contributed by atoms with Crippen molar-refractivity contribution in [3.05, 3.63) is 29.8 Å². The molecule has 7 nitrogen and oxygen atoms in total. The summed E-state index contributed by atoms with van der Waals surface area (Å²) in [4.78, 5) is 35.8. The van der Waals surface area contributed by atoms with Crippen molar-refractivity contribution in [2.24, 2.45) is 11.7 Å². The van der Waals surface area contributed by atoms with Crippen molar-refractivity contribution in [2.75, 3.05) is 11.9 Å². The molecule has 0 unspecified atom stereocenters. The summed E-state index contributed by atoms with van der Waals surface area (Å²) in [6.45, 7) is 3.53. The molecule has 150 valence electrons. The van der Waals surface area contributed by atoms with E-state index in [4.69, 9.17) is 5.73 Å². The average molecular weight is 397 g/mol.